The second-order valence-electron chi connectivity index (χ2n) is 4.24. The SMILES string of the molecule is O=S(=O)(c1ncccc1F)N1CCCCC1CO. The number of hydrogen-bond donors (Lipinski definition) is 1. The number of sulfonamides is 1. The lowest BCUT2D eigenvalue weighted by molar-refractivity contribution is 0.154. The van der Waals surface area contributed by atoms with E-state index in [9.17, 15) is 17.9 Å². The fourth-order valence-electron chi connectivity index (χ4n) is 2.15. The van der Waals surface area contributed by atoms with Crippen LogP contribution in [0.4, 0.5) is 4.39 Å². The number of hydrogen-bond acceptors (Lipinski definition) is 4. The second-order valence-corrected chi connectivity index (χ2v) is 6.04. The Kier molecular flexibility index (Phi) is 3.94. The van der Waals surface area contributed by atoms with E-state index in [2.05, 4.69) is 4.98 Å². The molecule has 18 heavy (non-hydrogen) atoms. The monoisotopic (exact) mass is 274 g/mol. The van der Waals surface area contributed by atoms with Crippen LogP contribution in [0.3, 0.4) is 0 Å². The zero-order valence-electron chi connectivity index (χ0n) is 9.79. The quantitative estimate of drug-likeness (QED) is 0.883. The molecule has 1 aliphatic heterocycles. The fraction of sp³-hybridized carbons (Fsp3) is 0.545. The summed E-state index contributed by atoms with van der Waals surface area (Å²) < 4.78 is 39.3. The highest BCUT2D eigenvalue weighted by molar-refractivity contribution is 7.89. The van der Waals surface area contributed by atoms with Crippen molar-refractivity contribution in [1.82, 2.24) is 9.29 Å². The van der Waals surface area contributed by atoms with Gasteiger partial charge in [-0.1, -0.05) is 6.42 Å². The van der Waals surface area contributed by atoms with Gasteiger partial charge in [0.15, 0.2) is 5.82 Å². The van der Waals surface area contributed by atoms with E-state index in [0.717, 1.165) is 16.8 Å². The zero-order chi connectivity index (χ0) is 13.2. The van der Waals surface area contributed by atoms with Crippen molar-refractivity contribution >= 4 is 10.0 Å². The normalized spacial score (nSPS) is 22.0. The maximum absolute atomic E-state index is 13.5. The molecule has 7 heteroatoms. The van der Waals surface area contributed by atoms with Crippen LogP contribution in [0, 0.1) is 5.82 Å². The molecule has 1 N–H and O–H groups in total. The first-order valence-electron chi connectivity index (χ1n) is 5.80. The number of aliphatic hydroxyl groups is 1. The Balaban J connectivity index is 2.39. The molecule has 1 saturated heterocycles. The molecule has 0 radical (unpaired) electrons. The predicted molar refractivity (Wildman–Crippen MR) is 62.8 cm³/mol. The van der Waals surface area contributed by atoms with E-state index in [1.54, 1.807) is 0 Å². The molecule has 5 nitrogen and oxygen atoms in total. The van der Waals surface area contributed by atoms with Crippen molar-refractivity contribution in [2.45, 2.75) is 30.3 Å². The summed E-state index contributed by atoms with van der Waals surface area (Å²) in [6.07, 6.45) is 3.41. The molecule has 100 valence electrons. The molecule has 1 atom stereocenters. The van der Waals surface area contributed by atoms with Gasteiger partial charge in [0.2, 0.25) is 5.03 Å². The Bertz CT molecular complexity index is 521. The summed E-state index contributed by atoms with van der Waals surface area (Å²) in [6.45, 7) is 0.0389. The Morgan fingerprint density at radius 3 is 2.94 bits per heavy atom. The molecule has 2 rings (SSSR count). The number of rotatable bonds is 3. The van der Waals surface area contributed by atoms with Gasteiger partial charge in [0.25, 0.3) is 10.0 Å². The number of pyridine rings is 1. The summed E-state index contributed by atoms with van der Waals surface area (Å²) in [5, 5.41) is 8.66. The Labute approximate surface area is 105 Å². The van der Waals surface area contributed by atoms with Crippen molar-refractivity contribution in [3.63, 3.8) is 0 Å². The number of nitrogens with zero attached hydrogens (tertiary/aromatic N) is 2. The van der Waals surface area contributed by atoms with Crippen molar-refractivity contribution in [3.05, 3.63) is 24.1 Å². The van der Waals surface area contributed by atoms with Crippen LogP contribution in [0.2, 0.25) is 0 Å². The highest BCUT2D eigenvalue weighted by Gasteiger charge is 2.35. The van der Waals surface area contributed by atoms with E-state index in [4.69, 9.17) is 0 Å². The van der Waals surface area contributed by atoms with E-state index in [1.807, 2.05) is 0 Å². The molecule has 0 spiro atoms. The van der Waals surface area contributed by atoms with Gasteiger partial charge in [0, 0.05) is 18.8 Å². The van der Waals surface area contributed by atoms with Crippen molar-refractivity contribution in [2.24, 2.45) is 0 Å². The van der Waals surface area contributed by atoms with Gasteiger partial charge in [-0.25, -0.2) is 17.8 Å². The van der Waals surface area contributed by atoms with Crippen LogP contribution >= 0.6 is 0 Å². The molecule has 2 heterocycles. The molecule has 0 saturated carbocycles. The average Bonchev–Trinajstić information content (AvgIpc) is 2.39. The summed E-state index contributed by atoms with van der Waals surface area (Å²) in [5.41, 5.74) is 0. The lowest BCUT2D eigenvalue weighted by Gasteiger charge is -2.33. The van der Waals surface area contributed by atoms with Gasteiger partial charge >= 0.3 is 0 Å². The Hall–Kier alpha value is -1.05. The van der Waals surface area contributed by atoms with E-state index in [1.165, 1.54) is 12.3 Å². The molecule has 0 aliphatic carbocycles. The molecule has 1 aliphatic rings. The van der Waals surface area contributed by atoms with Crippen LogP contribution in [0.15, 0.2) is 23.4 Å². The average molecular weight is 274 g/mol. The van der Waals surface area contributed by atoms with Crippen LogP contribution in [0.5, 0.6) is 0 Å². The highest BCUT2D eigenvalue weighted by Crippen LogP contribution is 2.25. The number of piperidine rings is 1. The van der Waals surface area contributed by atoms with Crippen molar-refractivity contribution < 1.29 is 17.9 Å². The highest BCUT2D eigenvalue weighted by atomic mass is 32.2. The van der Waals surface area contributed by atoms with Gasteiger partial charge in [-0.05, 0) is 25.0 Å². The topological polar surface area (TPSA) is 70.5 Å². The summed E-state index contributed by atoms with van der Waals surface area (Å²) in [5.74, 6) is -0.861. The summed E-state index contributed by atoms with van der Waals surface area (Å²) in [4.78, 5) is 3.61. The minimum atomic E-state index is -3.97. The van der Waals surface area contributed by atoms with Crippen LogP contribution in [0.1, 0.15) is 19.3 Å². The lowest BCUT2D eigenvalue weighted by Crippen LogP contribution is -2.45. The van der Waals surface area contributed by atoms with Crippen molar-refractivity contribution in [1.29, 1.82) is 0 Å². The van der Waals surface area contributed by atoms with Crippen LogP contribution in [-0.4, -0.2) is 42.0 Å². The first-order valence-corrected chi connectivity index (χ1v) is 7.24. The van der Waals surface area contributed by atoms with Crippen molar-refractivity contribution in [3.8, 4) is 0 Å². The molecular formula is C11H15FN2O3S. The number of halogens is 1. The first kappa shape index (κ1) is 13.4. The second kappa shape index (κ2) is 5.29. The molecular weight excluding hydrogens is 259 g/mol. The van der Waals surface area contributed by atoms with E-state index >= 15 is 0 Å². The molecule has 1 unspecified atom stereocenters. The minimum absolute atomic E-state index is 0.256. The largest absolute Gasteiger partial charge is 0.395 e. The van der Waals surface area contributed by atoms with E-state index in [0.29, 0.717) is 19.4 Å². The molecule has 0 amide bonds. The van der Waals surface area contributed by atoms with Gasteiger partial charge in [-0.15, -0.1) is 0 Å². The first-order chi connectivity index (χ1) is 8.57. The third kappa shape index (κ3) is 2.38. The molecule has 1 aromatic heterocycles. The zero-order valence-corrected chi connectivity index (χ0v) is 10.6. The molecule has 1 aromatic rings. The molecule has 0 aromatic carbocycles. The summed E-state index contributed by atoms with van der Waals surface area (Å²) in [6, 6.07) is 1.93. The summed E-state index contributed by atoms with van der Waals surface area (Å²) >= 11 is 0. The maximum Gasteiger partial charge on any atom is 0.263 e. The van der Waals surface area contributed by atoms with Gasteiger partial charge in [0.1, 0.15) is 0 Å². The third-order valence-corrected chi connectivity index (χ3v) is 4.95. The van der Waals surface area contributed by atoms with Crippen LogP contribution in [0.25, 0.3) is 0 Å². The Morgan fingerprint density at radius 2 is 2.28 bits per heavy atom. The summed E-state index contributed by atoms with van der Waals surface area (Å²) in [7, 11) is -3.97. The Morgan fingerprint density at radius 1 is 1.50 bits per heavy atom. The van der Waals surface area contributed by atoms with Crippen molar-refractivity contribution in [2.75, 3.05) is 13.2 Å². The van der Waals surface area contributed by atoms with Gasteiger partial charge in [-0.3, -0.25) is 0 Å². The van der Waals surface area contributed by atoms with Gasteiger partial charge in [0.05, 0.1) is 6.61 Å². The number of aliphatic hydroxyl groups excluding tert-OH is 1. The minimum Gasteiger partial charge on any atom is -0.395 e. The number of aromatic nitrogens is 1. The molecule has 0 bridgehead atoms. The maximum atomic E-state index is 13.5. The smallest absolute Gasteiger partial charge is 0.263 e. The molecule has 1 fully saturated rings. The predicted octanol–water partition coefficient (Wildman–Crippen LogP) is 0.756. The fourth-order valence-corrected chi connectivity index (χ4v) is 3.81. The van der Waals surface area contributed by atoms with Gasteiger partial charge in [-0.2, -0.15) is 4.31 Å². The third-order valence-electron chi connectivity index (χ3n) is 3.06. The van der Waals surface area contributed by atoms with Crippen LogP contribution < -0.4 is 0 Å². The van der Waals surface area contributed by atoms with Crippen LogP contribution in [-0.2, 0) is 10.0 Å². The standard InChI is InChI=1S/C11H15FN2O3S/c12-10-5-3-6-13-11(10)18(16,17)14-7-2-1-4-9(14)8-15/h3,5-6,9,15H,1-2,4,7-8H2. The van der Waals surface area contributed by atoms with E-state index < -0.39 is 26.9 Å². The van der Waals surface area contributed by atoms with Gasteiger partial charge < -0.3 is 5.11 Å². The lowest BCUT2D eigenvalue weighted by atomic mass is 10.1. The van der Waals surface area contributed by atoms with E-state index in [-0.39, 0.29) is 6.61 Å².